The molecule has 1 aliphatic rings. The van der Waals surface area contributed by atoms with Gasteiger partial charge in [0.1, 0.15) is 5.82 Å². The van der Waals surface area contributed by atoms with Crippen LogP contribution in [0.2, 0.25) is 0 Å². The normalized spacial score (nSPS) is 21.2. The summed E-state index contributed by atoms with van der Waals surface area (Å²) < 4.78 is 1.10. The Morgan fingerprint density at radius 2 is 2.38 bits per heavy atom. The summed E-state index contributed by atoms with van der Waals surface area (Å²) in [6.07, 6.45) is 5.88. The Kier molecular flexibility index (Phi) is 3.85. The zero-order valence-corrected chi connectivity index (χ0v) is 11.6. The Hall–Kier alpha value is -0.570. The van der Waals surface area contributed by atoms with E-state index in [9.17, 15) is 0 Å². The van der Waals surface area contributed by atoms with Crippen LogP contribution >= 0.6 is 15.9 Å². The first-order valence-electron chi connectivity index (χ1n) is 6.07. The number of anilines is 1. The predicted octanol–water partition coefficient (Wildman–Crippen LogP) is 3.78. The van der Waals surface area contributed by atoms with Gasteiger partial charge in [-0.3, -0.25) is 0 Å². The number of rotatable bonds is 2. The Bertz CT molecular complexity index is 365. The molecule has 0 amide bonds. The van der Waals surface area contributed by atoms with Gasteiger partial charge in [-0.2, -0.15) is 0 Å². The highest BCUT2D eigenvalue weighted by Crippen LogP contribution is 2.25. The highest BCUT2D eigenvalue weighted by molar-refractivity contribution is 9.10. The maximum Gasteiger partial charge on any atom is 0.128 e. The first kappa shape index (κ1) is 11.9. The maximum atomic E-state index is 4.51. The molecule has 3 heteroatoms. The van der Waals surface area contributed by atoms with Crippen LogP contribution in [-0.2, 0) is 0 Å². The molecule has 0 spiro atoms. The lowest BCUT2D eigenvalue weighted by molar-refractivity contribution is 0.403. The third-order valence-electron chi connectivity index (χ3n) is 3.45. The van der Waals surface area contributed by atoms with Crippen molar-refractivity contribution in [2.45, 2.75) is 33.1 Å². The minimum atomic E-state index is 0.847. The molecule has 0 saturated carbocycles. The van der Waals surface area contributed by atoms with Crippen LogP contribution < -0.4 is 4.90 Å². The molecule has 0 radical (unpaired) electrons. The summed E-state index contributed by atoms with van der Waals surface area (Å²) in [7, 11) is 0. The van der Waals surface area contributed by atoms with Crippen molar-refractivity contribution in [3.63, 3.8) is 0 Å². The van der Waals surface area contributed by atoms with Gasteiger partial charge in [0.25, 0.3) is 0 Å². The number of hydrogen-bond acceptors (Lipinski definition) is 2. The monoisotopic (exact) mass is 282 g/mol. The summed E-state index contributed by atoms with van der Waals surface area (Å²) in [6, 6.07) is 2.18. The molecule has 0 aliphatic carbocycles. The highest BCUT2D eigenvalue weighted by atomic mass is 79.9. The summed E-state index contributed by atoms with van der Waals surface area (Å²) in [5.74, 6) is 1.98. The van der Waals surface area contributed by atoms with Gasteiger partial charge in [0.05, 0.1) is 0 Å². The number of aryl methyl sites for hydroxylation is 1. The highest BCUT2D eigenvalue weighted by Gasteiger charge is 2.19. The molecule has 1 aliphatic heterocycles. The number of aromatic nitrogens is 1. The van der Waals surface area contributed by atoms with Gasteiger partial charge in [-0.1, -0.05) is 13.3 Å². The van der Waals surface area contributed by atoms with Crippen molar-refractivity contribution in [2.24, 2.45) is 5.92 Å². The number of piperidine rings is 1. The summed E-state index contributed by atoms with van der Waals surface area (Å²) in [4.78, 5) is 6.94. The third kappa shape index (κ3) is 2.57. The number of pyridine rings is 1. The lowest BCUT2D eigenvalue weighted by Gasteiger charge is -2.33. The Balaban J connectivity index is 2.13. The standard InChI is InChI=1S/C13H19BrN2/c1-3-11-5-4-6-16(9-11)13-7-10(2)12(14)8-15-13/h7-8,11H,3-6,9H2,1-2H3. The summed E-state index contributed by atoms with van der Waals surface area (Å²) in [5.41, 5.74) is 1.27. The topological polar surface area (TPSA) is 16.1 Å². The fourth-order valence-corrected chi connectivity index (χ4v) is 2.52. The molecule has 0 bridgehead atoms. The molecule has 1 fully saturated rings. The molecule has 1 aromatic rings. The zero-order valence-electron chi connectivity index (χ0n) is 10.0. The lowest BCUT2D eigenvalue weighted by Crippen LogP contribution is -2.35. The van der Waals surface area contributed by atoms with Crippen LogP contribution in [0.1, 0.15) is 31.7 Å². The van der Waals surface area contributed by atoms with E-state index in [0.717, 1.165) is 22.8 Å². The van der Waals surface area contributed by atoms with Crippen LogP contribution in [0.4, 0.5) is 5.82 Å². The molecule has 0 aromatic carbocycles. The Labute approximate surface area is 106 Å². The van der Waals surface area contributed by atoms with Gasteiger partial charge in [0, 0.05) is 23.8 Å². The molecule has 88 valence electrons. The third-order valence-corrected chi connectivity index (χ3v) is 4.28. The van der Waals surface area contributed by atoms with Gasteiger partial charge in [0.15, 0.2) is 0 Å². The van der Waals surface area contributed by atoms with E-state index >= 15 is 0 Å². The summed E-state index contributed by atoms with van der Waals surface area (Å²) in [5, 5.41) is 0. The first-order chi connectivity index (χ1) is 7.70. The summed E-state index contributed by atoms with van der Waals surface area (Å²) in [6.45, 7) is 6.74. The van der Waals surface area contributed by atoms with Crippen LogP contribution in [0, 0.1) is 12.8 Å². The van der Waals surface area contributed by atoms with Crippen LogP contribution in [0.5, 0.6) is 0 Å². The van der Waals surface area contributed by atoms with E-state index in [0.29, 0.717) is 0 Å². The van der Waals surface area contributed by atoms with Crippen molar-refractivity contribution in [1.29, 1.82) is 0 Å². The minimum absolute atomic E-state index is 0.847. The van der Waals surface area contributed by atoms with Crippen molar-refractivity contribution in [1.82, 2.24) is 4.98 Å². The average molecular weight is 283 g/mol. The van der Waals surface area contributed by atoms with E-state index in [-0.39, 0.29) is 0 Å². The molecule has 1 aromatic heterocycles. The molecular weight excluding hydrogens is 264 g/mol. The maximum absolute atomic E-state index is 4.51. The van der Waals surface area contributed by atoms with Crippen molar-refractivity contribution >= 4 is 21.7 Å². The van der Waals surface area contributed by atoms with Gasteiger partial charge in [-0.25, -0.2) is 4.98 Å². The van der Waals surface area contributed by atoms with Gasteiger partial charge in [0.2, 0.25) is 0 Å². The van der Waals surface area contributed by atoms with Gasteiger partial charge >= 0.3 is 0 Å². The molecule has 2 heterocycles. The first-order valence-corrected chi connectivity index (χ1v) is 6.87. The van der Waals surface area contributed by atoms with Crippen molar-refractivity contribution in [3.05, 3.63) is 22.3 Å². The summed E-state index contributed by atoms with van der Waals surface area (Å²) >= 11 is 3.50. The van der Waals surface area contributed by atoms with Crippen molar-refractivity contribution in [3.8, 4) is 0 Å². The van der Waals surface area contributed by atoms with E-state index in [1.165, 1.54) is 31.4 Å². The second kappa shape index (κ2) is 5.17. The quantitative estimate of drug-likeness (QED) is 0.821. The van der Waals surface area contributed by atoms with Crippen LogP contribution in [0.3, 0.4) is 0 Å². The average Bonchev–Trinajstić information content (AvgIpc) is 2.33. The van der Waals surface area contributed by atoms with Crippen LogP contribution in [0.25, 0.3) is 0 Å². The predicted molar refractivity (Wildman–Crippen MR) is 71.9 cm³/mol. The molecule has 0 N–H and O–H groups in total. The molecule has 1 atom stereocenters. The molecule has 1 saturated heterocycles. The minimum Gasteiger partial charge on any atom is -0.356 e. The van der Waals surface area contributed by atoms with Crippen LogP contribution in [0.15, 0.2) is 16.7 Å². The zero-order chi connectivity index (χ0) is 11.5. The largest absolute Gasteiger partial charge is 0.356 e. The number of halogens is 1. The number of hydrogen-bond donors (Lipinski definition) is 0. The van der Waals surface area contributed by atoms with Crippen LogP contribution in [-0.4, -0.2) is 18.1 Å². The SMILES string of the molecule is CCC1CCCN(c2cc(C)c(Br)cn2)C1. The van der Waals surface area contributed by atoms with E-state index < -0.39 is 0 Å². The smallest absolute Gasteiger partial charge is 0.128 e. The second-order valence-electron chi connectivity index (χ2n) is 4.65. The molecule has 16 heavy (non-hydrogen) atoms. The fraction of sp³-hybridized carbons (Fsp3) is 0.615. The molecule has 1 unspecified atom stereocenters. The molecule has 2 rings (SSSR count). The van der Waals surface area contributed by atoms with Gasteiger partial charge < -0.3 is 4.90 Å². The lowest BCUT2D eigenvalue weighted by atomic mass is 9.96. The Morgan fingerprint density at radius 1 is 1.56 bits per heavy atom. The van der Waals surface area contributed by atoms with E-state index in [4.69, 9.17) is 0 Å². The van der Waals surface area contributed by atoms with Gasteiger partial charge in [-0.15, -0.1) is 0 Å². The van der Waals surface area contributed by atoms with Gasteiger partial charge in [-0.05, 0) is 53.2 Å². The second-order valence-corrected chi connectivity index (χ2v) is 5.51. The van der Waals surface area contributed by atoms with E-state index in [1.54, 1.807) is 0 Å². The fourth-order valence-electron chi connectivity index (χ4n) is 2.30. The van der Waals surface area contributed by atoms with E-state index in [2.05, 4.69) is 45.7 Å². The molecule has 2 nitrogen and oxygen atoms in total. The number of nitrogens with zero attached hydrogens (tertiary/aromatic N) is 2. The molecular formula is C13H19BrN2. The van der Waals surface area contributed by atoms with Crippen molar-refractivity contribution in [2.75, 3.05) is 18.0 Å². The van der Waals surface area contributed by atoms with Crippen molar-refractivity contribution < 1.29 is 0 Å². The Morgan fingerprint density at radius 3 is 3.06 bits per heavy atom. The van der Waals surface area contributed by atoms with E-state index in [1.807, 2.05) is 6.20 Å².